The highest BCUT2D eigenvalue weighted by atomic mass is 35.5. The third-order valence-corrected chi connectivity index (χ3v) is 4.73. The molecule has 0 saturated heterocycles. The van der Waals surface area contributed by atoms with E-state index in [1.54, 1.807) is 0 Å². The van der Waals surface area contributed by atoms with Crippen LogP contribution in [0, 0.1) is 0 Å². The van der Waals surface area contributed by atoms with Gasteiger partial charge in [0.05, 0.1) is 26.2 Å². The van der Waals surface area contributed by atoms with E-state index in [0.717, 1.165) is 0 Å². The zero-order chi connectivity index (χ0) is 20.3. The largest absolute Gasteiger partial charge is 1.00 e. The van der Waals surface area contributed by atoms with Crippen LogP contribution in [-0.4, -0.2) is 52.8 Å². The summed E-state index contributed by atoms with van der Waals surface area (Å²) in [5, 5.41) is 16.1. The van der Waals surface area contributed by atoms with Crippen LogP contribution in [0.5, 0.6) is 0 Å². The van der Waals surface area contributed by atoms with Crippen LogP contribution in [0.2, 0.25) is 0 Å². The number of quaternary nitrogens is 1. The van der Waals surface area contributed by atoms with E-state index < -0.39 is 11.9 Å². The van der Waals surface area contributed by atoms with Crippen LogP contribution in [-0.2, 0) is 9.59 Å². The molecule has 164 valence electrons. The topological polar surface area (TPSA) is 74.6 Å². The second-order valence-electron chi connectivity index (χ2n) is 7.29. The molecule has 27 heavy (non-hydrogen) atoms. The highest BCUT2D eigenvalue weighted by Crippen LogP contribution is 2.16. The van der Waals surface area contributed by atoms with Crippen molar-refractivity contribution in [2.24, 2.45) is 0 Å². The molecule has 6 heteroatoms. The summed E-state index contributed by atoms with van der Waals surface area (Å²) in [6.45, 7) is 15.0. The fourth-order valence-electron chi connectivity index (χ4n) is 3.04. The Morgan fingerprint density at radius 1 is 0.593 bits per heavy atom. The van der Waals surface area contributed by atoms with Gasteiger partial charge in [0.25, 0.3) is 0 Å². The van der Waals surface area contributed by atoms with E-state index >= 15 is 0 Å². The van der Waals surface area contributed by atoms with Crippen molar-refractivity contribution in [2.75, 3.05) is 26.2 Å². The van der Waals surface area contributed by atoms with E-state index in [4.69, 9.17) is 10.2 Å². The molecule has 0 heterocycles. The van der Waals surface area contributed by atoms with E-state index in [1.165, 1.54) is 82.0 Å². The lowest BCUT2D eigenvalue weighted by Crippen LogP contribution is -3.00. The van der Waals surface area contributed by atoms with E-state index in [9.17, 15) is 9.59 Å². The third kappa shape index (κ3) is 21.3. The molecule has 0 aliphatic rings. The van der Waals surface area contributed by atoms with Gasteiger partial charge in [-0.3, -0.25) is 9.59 Å². The number of carbonyl (C=O) groups is 2. The maximum Gasteiger partial charge on any atom is 0.303 e. The molecule has 0 rings (SSSR count). The standard InChI is InChI=1S/C16H36N.C5H8O4.ClH/c1-5-9-13-17(14-10-6-2,15-11-7-3)16-12-8-4;6-4(7)2-1-3-5(8)9;/h5-16H2,1-4H3;1-3H2,(H,6,7)(H,8,9);1H/q+1;;/p-1. The second-order valence-corrected chi connectivity index (χ2v) is 7.29. The fourth-order valence-corrected chi connectivity index (χ4v) is 3.04. The molecule has 2 N–H and O–H groups in total. The van der Waals surface area contributed by atoms with Crippen molar-refractivity contribution < 1.29 is 36.7 Å². The average molecular weight is 410 g/mol. The first-order valence-corrected chi connectivity index (χ1v) is 10.7. The minimum absolute atomic E-state index is 0. The monoisotopic (exact) mass is 409 g/mol. The Balaban J connectivity index is -0.000000491. The molecular formula is C21H44ClNO4. The predicted octanol–water partition coefficient (Wildman–Crippen LogP) is 2.33. The summed E-state index contributed by atoms with van der Waals surface area (Å²) < 4.78 is 1.42. The highest BCUT2D eigenvalue weighted by Gasteiger charge is 2.24. The summed E-state index contributed by atoms with van der Waals surface area (Å²) in [6.07, 6.45) is 11.1. The summed E-state index contributed by atoms with van der Waals surface area (Å²) in [6, 6.07) is 0. The van der Waals surface area contributed by atoms with Crippen molar-refractivity contribution in [2.45, 2.75) is 98.3 Å². The lowest BCUT2D eigenvalue weighted by molar-refractivity contribution is -0.929. The summed E-state index contributed by atoms with van der Waals surface area (Å²) in [4.78, 5) is 19.6. The smallest absolute Gasteiger partial charge is 0.303 e. The van der Waals surface area contributed by atoms with Gasteiger partial charge in [0.15, 0.2) is 0 Å². The normalized spacial score (nSPS) is 10.5. The van der Waals surface area contributed by atoms with Gasteiger partial charge in [-0.05, 0) is 32.1 Å². The number of carboxylic acids is 2. The molecule has 0 saturated carbocycles. The quantitative estimate of drug-likeness (QED) is 0.384. The zero-order valence-corrected chi connectivity index (χ0v) is 18.9. The molecule has 0 aromatic heterocycles. The molecule has 0 bridgehead atoms. The van der Waals surface area contributed by atoms with Gasteiger partial charge in [-0.15, -0.1) is 0 Å². The van der Waals surface area contributed by atoms with Crippen LogP contribution in [0.3, 0.4) is 0 Å². The van der Waals surface area contributed by atoms with Crippen molar-refractivity contribution in [3.63, 3.8) is 0 Å². The number of rotatable bonds is 16. The molecule has 0 aliphatic heterocycles. The third-order valence-electron chi connectivity index (χ3n) is 4.73. The van der Waals surface area contributed by atoms with E-state index in [1.807, 2.05) is 0 Å². The average Bonchev–Trinajstić information content (AvgIpc) is 2.60. The van der Waals surface area contributed by atoms with E-state index in [-0.39, 0.29) is 31.7 Å². The van der Waals surface area contributed by atoms with Crippen LogP contribution in [0.25, 0.3) is 0 Å². The molecular weight excluding hydrogens is 366 g/mol. The van der Waals surface area contributed by atoms with Crippen LogP contribution in [0.4, 0.5) is 0 Å². The van der Waals surface area contributed by atoms with Crippen molar-refractivity contribution in [3.05, 3.63) is 0 Å². The first-order valence-electron chi connectivity index (χ1n) is 10.7. The second kappa shape index (κ2) is 21.5. The van der Waals surface area contributed by atoms with Gasteiger partial charge in [0.1, 0.15) is 0 Å². The summed E-state index contributed by atoms with van der Waals surface area (Å²) in [7, 11) is 0. The molecule has 0 radical (unpaired) electrons. The number of unbranched alkanes of at least 4 members (excludes halogenated alkanes) is 4. The van der Waals surface area contributed by atoms with Crippen LogP contribution in [0.15, 0.2) is 0 Å². The molecule has 0 fully saturated rings. The molecule has 0 aromatic carbocycles. The molecule has 0 aromatic rings. The molecule has 0 spiro atoms. The van der Waals surface area contributed by atoms with Gasteiger partial charge in [-0.1, -0.05) is 53.4 Å². The maximum atomic E-state index is 9.79. The Hall–Kier alpha value is -0.810. The van der Waals surface area contributed by atoms with Crippen LogP contribution >= 0.6 is 0 Å². The number of nitrogens with zero attached hydrogens (tertiary/aromatic N) is 1. The molecule has 0 atom stereocenters. The van der Waals surface area contributed by atoms with Gasteiger partial charge in [-0.2, -0.15) is 0 Å². The van der Waals surface area contributed by atoms with E-state index in [0.29, 0.717) is 0 Å². The Kier molecular flexibility index (Phi) is 24.6. The van der Waals surface area contributed by atoms with Crippen molar-refractivity contribution in [1.29, 1.82) is 0 Å². The highest BCUT2D eigenvalue weighted by molar-refractivity contribution is 5.69. The first-order chi connectivity index (χ1) is 12.4. The van der Waals surface area contributed by atoms with Crippen LogP contribution in [0.1, 0.15) is 98.3 Å². The number of carboxylic acid groups (broad SMARTS) is 2. The van der Waals surface area contributed by atoms with Gasteiger partial charge in [-0.25, -0.2) is 0 Å². The van der Waals surface area contributed by atoms with Gasteiger partial charge < -0.3 is 27.1 Å². The van der Waals surface area contributed by atoms with Crippen LogP contribution < -0.4 is 12.4 Å². The van der Waals surface area contributed by atoms with Crippen molar-refractivity contribution in [3.8, 4) is 0 Å². The zero-order valence-electron chi connectivity index (χ0n) is 18.1. The van der Waals surface area contributed by atoms with Gasteiger partial charge in [0, 0.05) is 12.8 Å². The number of halogens is 1. The Labute approximate surface area is 173 Å². The van der Waals surface area contributed by atoms with E-state index in [2.05, 4.69) is 27.7 Å². The number of hydrogen-bond donors (Lipinski definition) is 2. The molecule has 0 unspecified atom stereocenters. The maximum absolute atomic E-state index is 9.79. The molecule has 0 aliphatic carbocycles. The molecule has 5 nitrogen and oxygen atoms in total. The minimum atomic E-state index is -0.948. The first kappa shape index (κ1) is 30.9. The lowest BCUT2D eigenvalue weighted by Gasteiger charge is -2.39. The lowest BCUT2D eigenvalue weighted by atomic mass is 10.1. The van der Waals surface area contributed by atoms with Crippen molar-refractivity contribution >= 4 is 11.9 Å². The molecule has 0 amide bonds. The summed E-state index contributed by atoms with van der Waals surface area (Å²) >= 11 is 0. The Bertz CT molecular complexity index is 300. The minimum Gasteiger partial charge on any atom is -1.00 e. The number of aliphatic carboxylic acids is 2. The summed E-state index contributed by atoms with van der Waals surface area (Å²) in [5.74, 6) is -1.90. The Morgan fingerprint density at radius 2 is 0.852 bits per heavy atom. The SMILES string of the molecule is CCCC[N+](CCCC)(CCCC)CCCC.O=C(O)CCCC(=O)O.[Cl-]. The van der Waals surface area contributed by atoms with Gasteiger partial charge in [0.2, 0.25) is 0 Å². The Morgan fingerprint density at radius 3 is 1.04 bits per heavy atom. The summed E-state index contributed by atoms with van der Waals surface area (Å²) in [5.41, 5.74) is 0. The fraction of sp³-hybridized carbons (Fsp3) is 0.905. The van der Waals surface area contributed by atoms with Gasteiger partial charge >= 0.3 is 11.9 Å². The van der Waals surface area contributed by atoms with Crippen molar-refractivity contribution in [1.82, 2.24) is 0 Å². The predicted molar refractivity (Wildman–Crippen MR) is 108 cm³/mol. The number of hydrogen-bond acceptors (Lipinski definition) is 2.